The Balaban J connectivity index is 1.80. The minimum atomic E-state index is -1.20. The molecule has 1 aliphatic rings. The number of amides is 1. The monoisotopic (exact) mass is 384 g/mol. The zero-order valence-corrected chi connectivity index (χ0v) is 15.3. The van der Waals surface area contributed by atoms with Gasteiger partial charge in [-0.05, 0) is 35.7 Å². The molecule has 1 aliphatic heterocycles. The lowest BCUT2D eigenvalue weighted by Gasteiger charge is -2.25. The van der Waals surface area contributed by atoms with E-state index in [1.165, 1.54) is 12.1 Å². The number of nitrogens with zero attached hydrogens (tertiary/aromatic N) is 1. The third-order valence-electron chi connectivity index (χ3n) is 5.18. The maximum atomic E-state index is 13.9. The second-order valence-corrected chi connectivity index (χ2v) is 7.24. The zero-order chi connectivity index (χ0) is 19.8. The standard InChI is InChI=1S/C21H22F2N4O/c22-13-5-6-18-17(8-13)19-16-4-2-1-3-12(16)10-27(21(28)20(19)26-18)11-15(25)7-14(23)9-24/h1-6,8,14-15,26H,7,9-11,24-25H2/t14-,15-/m1/s1. The summed E-state index contributed by atoms with van der Waals surface area (Å²) in [5.74, 6) is -0.598. The van der Waals surface area contributed by atoms with E-state index in [1.807, 2.05) is 24.3 Å². The average Bonchev–Trinajstić information content (AvgIpc) is 3.00. The normalized spacial score (nSPS) is 15.9. The molecule has 0 unspecified atom stereocenters. The smallest absolute Gasteiger partial charge is 0.271 e. The van der Waals surface area contributed by atoms with Gasteiger partial charge in [-0.15, -0.1) is 0 Å². The molecule has 1 amide bonds. The molecule has 7 heteroatoms. The summed E-state index contributed by atoms with van der Waals surface area (Å²) in [6.07, 6.45) is -1.11. The van der Waals surface area contributed by atoms with Gasteiger partial charge in [-0.3, -0.25) is 4.79 Å². The Bertz CT molecular complexity index is 1030. The van der Waals surface area contributed by atoms with Crippen LogP contribution in [0.25, 0.3) is 22.0 Å². The highest BCUT2D eigenvalue weighted by atomic mass is 19.1. The number of aromatic nitrogens is 1. The zero-order valence-electron chi connectivity index (χ0n) is 15.3. The van der Waals surface area contributed by atoms with E-state index in [-0.39, 0.29) is 31.2 Å². The lowest BCUT2D eigenvalue weighted by Crippen LogP contribution is -2.42. The van der Waals surface area contributed by atoms with E-state index in [0.29, 0.717) is 28.7 Å². The third kappa shape index (κ3) is 3.27. The Morgan fingerprint density at radius 1 is 1.21 bits per heavy atom. The first-order chi connectivity index (χ1) is 13.5. The van der Waals surface area contributed by atoms with Crippen LogP contribution in [0.15, 0.2) is 42.5 Å². The van der Waals surface area contributed by atoms with Gasteiger partial charge < -0.3 is 21.4 Å². The number of nitrogens with two attached hydrogens (primary N) is 2. The Morgan fingerprint density at radius 2 is 2.00 bits per heavy atom. The highest BCUT2D eigenvalue weighted by molar-refractivity contribution is 6.11. The van der Waals surface area contributed by atoms with E-state index < -0.39 is 12.2 Å². The number of nitrogens with one attached hydrogen (secondary N) is 1. The Morgan fingerprint density at radius 3 is 2.79 bits per heavy atom. The minimum Gasteiger partial charge on any atom is -0.350 e. The Labute approximate surface area is 161 Å². The van der Waals surface area contributed by atoms with Crippen LogP contribution in [0.2, 0.25) is 0 Å². The van der Waals surface area contributed by atoms with Crippen LogP contribution in [-0.4, -0.2) is 41.1 Å². The number of rotatable bonds is 5. The molecule has 2 heterocycles. The van der Waals surface area contributed by atoms with Gasteiger partial charge in [0, 0.05) is 42.1 Å². The van der Waals surface area contributed by atoms with E-state index in [9.17, 15) is 13.6 Å². The maximum Gasteiger partial charge on any atom is 0.271 e. The predicted octanol–water partition coefficient (Wildman–Crippen LogP) is 2.94. The van der Waals surface area contributed by atoms with Gasteiger partial charge in [-0.25, -0.2) is 8.78 Å². The molecule has 2 aromatic carbocycles. The van der Waals surface area contributed by atoms with Crippen molar-refractivity contribution < 1.29 is 13.6 Å². The molecule has 146 valence electrons. The van der Waals surface area contributed by atoms with Crippen LogP contribution in [-0.2, 0) is 6.54 Å². The number of carbonyl (C=O) groups is 1. The number of aromatic amines is 1. The number of fused-ring (bicyclic) bond motifs is 5. The lowest BCUT2D eigenvalue weighted by molar-refractivity contribution is 0.0724. The number of halogens is 2. The fourth-order valence-corrected chi connectivity index (χ4v) is 3.87. The topological polar surface area (TPSA) is 88.1 Å². The van der Waals surface area contributed by atoms with Crippen molar-refractivity contribution in [1.29, 1.82) is 0 Å². The molecule has 0 spiro atoms. The molecule has 28 heavy (non-hydrogen) atoms. The Hall–Kier alpha value is -2.77. The summed E-state index contributed by atoms with van der Waals surface area (Å²) >= 11 is 0. The van der Waals surface area contributed by atoms with Crippen molar-refractivity contribution in [3.63, 3.8) is 0 Å². The lowest BCUT2D eigenvalue weighted by atomic mass is 9.98. The fourth-order valence-electron chi connectivity index (χ4n) is 3.87. The molecule has 0 fully saturated rings. The van der Waals surface area contributed by atoms with E-state index in [4.69, 9.17) is 11.5 Å². The van der Waals surface area contributed by atoms with Crippen LogP contribution < -0.4 is 11.5 Å². The fraction of sp³-hybridized carbons (Fsp3) is 0.286. The number of alkyl halides is 1. The van der Waals surface area contributed by atoms with E-state index in [1.54, 1.807) is 11.0 Å². The molecule has 0 saturated heterocycles. The van der Waals surface area contributed by atoms with Crippen LogP contribution in [0.5, 0.6) is 0 Å². The number of carbonyl (C=O) groups excluding carboxylic acids is 1. The molecular formula is C21H22F2N4O. The Kier molecular flexibility index (Phi) is 4.87. The molecule has 5 N–H and O–H groups in total. The van der Waals surface area contributed by atoms with E-state index in [2.05, 4.69) is 4.98 Å². The third-order valence-corrected chi connectivity index (χ3v) is 5.18. The number of hydrogen-bond acceptors (Lipinski definition) is 3. The number of benzene rings is 2. The van der Waals surface area contributed by atoms with Crippen molar-refractivity contribution in [2.75, 3.05) is 13.1 Å². The summed E-state index contributed by atoms with van der Waals surface area (Å²) in [7, 11) is 0. The maximum absolute atomic E-state index is 13.9. The highest BCUT2D eigenvalue weighted by Crippen LogP contribution is 2.38. The van der Waals surface area contributed by atoms with Crippen LogP contribution in [0, 0.1) is 5.82 Å². The summed E-state index contributed by atoms with van der Waals surface area (Å²) in [5, 5.41) is 0.661. The molecule has 0 bridgehead atoms. The molecule has 4 rings (SSSR count). The van der Waals surface area contributed by atoms with Gasteiger partial charge in [0.25, 0.3) is 5.91 Å². The molecule has 0 saturated carbocycles. The van der Waals surface area contributed by atoms with E-state index >= 15 is 0 Å². The van der Waals surface area contributed by atoms with Crippen molar-refractivity contribution in [3.05, 3.63) is 59.5 Å². The number of hydrogen-bond donors (Lipinski definition) is 3. The van der Waals surface area contributed by atoms with Crippen molar-refractivity contribution in [2.24, 2.45) is 11.5 Å². The molecule has 5 nitrogen and oxygen atoms in total. The summed E-state index contributed by atoms with van der Waals surface area (Å²) in [6, 6.07) is 11.5. The highest BCUT2D eigenvalue weighted by Gasteiger charge is 2.30. The largest absolute Gasteiger partial charge is 0.350 e. The van der Waals surface area contributed by atoms with Crippen LogP contribution in [0.4, 0.5) is 8.78 Å². The first-order valence-electron chi connectivity index (χ1n) is 9.26. The first kappa shape index (κ1) is 18.6. The van der Waals surface area contributed by atoms with Gasteiger partial charge in [0.1, 0.15) is 17.7 Å². The summed E-state index contributed by atoms with van der Waals surface area (Å²) in [5.41, 5.74) is 15.0. The van der Waals surface area contributed by atoms with Gasteiger partial charge in [0.2, 0.25) is 0 Å². The molecule has 2 atom stereocenters. The predicted molar refractivity (Wildman–Crippen MR) is 105 cm³/mol. The first-order valence-corrected chi connectivity index (χ1v) is 9.26. The quantitative estimate of drug-likeness (QED) is 0.632. The van der Waals surface area contributed by atoms with Crippen LogP contribution in [0.3, 0.4) is 0 Å². The molecule has 3 aromatic rings. The van der Waals surface area contributed by atoms with Gasteiger partial charge in [-0.1, -0.05) is 24.3 Å². The number of H-pyrrole nitrogens is 1. The summed E-state index contributed by atoms with van der Waals surface area (Å²) < 4.78 is 27.5. The van der Waals surface area contributed by atoms with Gasteiger partial charge in [-0.2, -0.15) is 0 Å². The average molecular weight is 384 g/mol. The van der Waals surface area contributed by atoms with Gasteiger partial charge in [0.15, 0.2) is 0 Å². The second kappa shape index (κ2) is 7.33. The van der Waals surface area contributed by atoms with Crippen LogP contribution >= 0.6 is 0 Å². The van der Waals surface area contributed by atoms with Crippen molar-refractivity contribution in [3.8, 4) is 11.1 Å². The van der Waals surface area contributed by atoms with Crippen LogP contribution in [0.1, 0.15) is 22.5 Å². The molecular weight excluding hydrogens is 362 g/mol. The SMILES string of the molecule is NC[C@H](F)C[C@@H](N)CN1Cc2ccccc2-c2c([nH]c3ccc(F)cc23)C1=O. The minimum absolute atomic E-state index is 0.0900. The van der Waals surface area contributed by atoms with Gasteiger partial charge >= 0.3 is 0 Å². The summed E-state index contributed by atoms with van der Waals surface area (Å²) in [6.45, 7) is 0.459. The van der Waals surface area contributed by atoms with Crippen molar-refractivity contribution >= 4 is 16.8 Å². The summed E-state index contributed by atoms with van der Waals surface area (Å²) in [4.78, 5) is 18.0. The molecule has 1 aromatic heterocycles. The van der Waals surface area contributed by atoms with Crippen molar-refractivity contribution in [2.45, 2.75) is 25.2 Å². The van der Waals surface area contributed by atoms with Crippen molar-refractivity contribution in [1.82, 2.24) is 9.88 Å². The van der Waals surface area contributed by atoms with Gasteiger partial charge in [0.05, 0.1) is 0 Å². The second-order valence-electron chi connectivity index (χ2n) is 7.24. The molecule has 0 radical (unpaired) electrons. The van der Waals surface area contributed by atoms with E-state index in [0.717, 1.165) is 11.1 Å². The molecule has 0 aliphatic carbocycles.